The molecule has 2 heterocycles. The van der Waals surface area contributed by atoms with E-state index in [-0.39, 0.29) is 0 Å². The number of nitrogens with two attached hydrogens (primary N) is 1. The summed E-state index contributed by atoms with van der Waals surface area (Å²) in [5, 5.41) is 5.79. The number of hydrogen-bond acceptors (Lipinski definition) is 3. The smallest absolute Gasteiger partial charge is 0.132 e. The van der Waals surface area contributed by atoms with Gasteiger partial charge in [0.1, 0.15) is 5.84 Å². The number of nitrogens with zero attached hydrogens (tertiary/aromatic N) is 3. The average Bonchev–Trinajstić information content (AvgIpc) is 3.02. The molecule has 0 bridgehead atoms. The van der Waals surface area contributed by atoms with Gasteiger partial charge in [-0.3, -0.25) is 4.98 Å². The predicted molar refractivity (Wildman–Crippen MR) is 166 cm³/mol. The van der Waals surface area contributed by atoms with E-state index in [1.165, 1.54) is 16.3 Å². The van der Waals surface area contributed by atoms with Gasteiger partial charge in [-0.25, -0.2) is 9.98 Å². The number of fused-ring (bicyclic) bond motifs is 3. The molecule has 4 nitrogen and oxygen atoms in total. The van der Waals surface area contributed by atoms with E-state index in [9.17, 15) is 0 Å². The molecule has 7 aromatic rings. The van der Waals surface area contributed by atoms with E-state index < -0.39 is 0 Å². The summed E-state index contributed by atoms with van der Waals surface area (Å²) < 4.78 is 0. The molecule has 0 saturated heterocycles. The summed E-state index contributed by atoms with van der Waals surface area (Å²) >= 11 is 0. The van der Waals surface area contributed by atoms with Gasteiger partial charge < -0.3 is 5.73 Å². The second-order valence-electron chi connectivity index (χ2n) is 9.97. The van der Waals surface area contributed by atoms with Crippen LogP contribution in [-0.2, 0) is 6.42 Å². The van der Waals surface area contributed by atoms with Gasteiger partial charge in [0.2, 0.25) is 0 Å². The first-order valence-electron chi connectivity index (χ1n) is 13.4. The molecule has 40 heavy (non-hydrogen) atoms. The maximum absolute atomic E-state index is 6.61. The van der Waals surface area contributed by atoms with Crippen LogP contribution in [0.3, 0.4) is 0 Å². The Bertz CT molecular complexity index is 2040. The summed E-state index contributed by atoms with van der Waals surface area (Å²) in [5.74, 6) is 0.432. The highest BCUT2D eigenvalue weighted by Crippen LogP contribution is 2.33. The van der Waals surface area contributed by atoms with Gasteiger partial charge in [0.15, 0.2) is 0 Å². The number of hydrogen-bond donors (Lipinski definition) is 1. The molecule has 4 heteroatoms. The Morgan fingerprint density at radius 3 is 2.17 bits per heavy atom. The van der Waals surface area contributed by atoms with Gasteiger partial charge in [-0.1, -0.05) is 103 Å². The number of rotatable bonds is 5. The second-order valence-corrected chi connectivity index (χ2v) is 9.97. The maximum Gasteiger partial charge on any atom is 0.132 e. The fourth-order valence-corrected chi connectivity index (χ4v) is 5.23. The number of benzene rings is 5. The van der Waals surface area contributed by atoms with Gasteiger partial charge in [-0.2, -0.15) is 0 Å². The summed E-state index contributed by atoms with van der Waals surface area (Å²) in [5.41, 5.74) is 13.2. The Labute approximate surface area is 232 Å². The molecule has 0 radical (unpaired) electrons. The van der Waals surface area contributed by atoms with Gasteiger partial charge in [0, 0.05) is 22.5 Å². The molecule has 2 N–H and O–H groups in total. The molecule has 7 rings (SSSR count). The zero-order chi connectivity index (χ0) is 26.9. The third-order valence-corrected chi connectivity index (χ3v) is 7.34. The summed E-state index contributed by atoms with van der Waals surface area (Å²) in [7, 11) is 0. The zero-order valence-corrected chi connectivity index (χ0v) is 21.8. The molecule has 0 saturated carbocycles. The van der Waals surface area contributed by atoms with E-state index in [0.29, 0.717) is 5.84 Å². The van der Waals surface area contributed by atoms with Crippen LogP contribution in [0.4, 0.5) is 5.69 Å². The molecule has 5 aromatic carbocycles. The summed E-state index contributed by atoms with van der Waals surface area (Å²) in [6.07, 6.45) is 2.53. The van der Waals surface area contributed by atoms with Crippen molar-refractivity contribution in [1.82, 2.24) is 9.97 Å². The topological polar surface area (TPSA) is 64.2 Å². The zero-order valence-electron chi connectivity index (χ0n) is 21.8. The van der Waals surface area contributed by atoms with Crippen molar-refractivity contribution in [2.75, 3.05) is 0 Å². The van der Waals surface area contributed by atoms with E-state index in [2.05, 4.69) is 83.8 Å². The molecule has 0 unspecified atom stereocenters. The number of para-hydroxylation sites is 1. The number of aliphatic imine (C=N–C) groups is 1. The van der Waals surface area contributed by atoms with Crippen molar-refractivity contribution in [3.63, 3.8) is 0 Å². The van der Waals surface area contributed by atoms with E-state index in [0.717, 1.165) is 56.3 Å². The third kappa shape index (κ3) is 4.56. The third-order valence-electron chi connectivity index (χ3n) is 7.34. The largest absolute Gasteiger partial charge is 0.383 e. The van der Waals surface area contributed by atoms with Crippen LogP contribution in [0.15, 0.2) is 139 Å². The summed E-state index contributed by atoms with van der Waals surface area (Å²) in [6, 6.07) is 43.8. The van der Waals surface area contributed by atoms with Crippen LogP contribution in [0.25, 0.3) is 43.8 Å². The molecule has 0 amide bonds. The molecular weight excluding hydrogens is 488 g/mol. The van der Waals surface area contributed by atoms with Crippen LogP contribution < -0.4 is 5.73 Å². The number of pyridine rings is 2. The van der Waals surface area contributed by atoms with Crippen LogP contribution in [0, 0.1) is 0 Å². The highest BCUT2D eigenvalue weighted by molar-refractivity contribution is 6.03. The van der Waals surface area contributed by atoms with E-state index in [1.54, 1.807) is 6.20 Å². The van der Waals surface area contributed by atoms with Crippen molar-refractivity contribution in [1.29, 1.82) is 0 Å². The SMILES string of the molecule is NC(=Nc1c(Cc2ccc3ccccc3c2)ccc2ccccc12)c1ccc(-c2ccc3ccccc3n2)nc1. The standard InChI is InChI=1S/C36H26N4/c37-36(30-18-19-33(38-23-30)34-20-17-27-9-4-6-12-32(27)39-34)40-35-29(16-15-26-8-3-5-11-31(26)35)22-24-13-14-25-7-1-2-10-28(25)21-24/h1-21,23H,22H2,(H2,37,40). The maximum atomic E-state index is 6.61. The van der Waals surface area contributed by atoms with Crippen molar-refractivity contribution >= 4 is 44.0 Å². The summed E-state index contributed by atoms with van der Waals surface area (Å²) in [6.45, 7) is 0. The predicted octanol–water partition coefficient (Wildman–Crippen LogP) is 8.23. The van der Waals surface area contributed by atoms with Crippen molar-refractivity contribution in [2.24, 2.45) is 10.7 Å². The number of aromatic nitrogens is 2. The van der Waals surface area contributed by atoms with Crippen LogP contribution in [0.2, 0.25) is 0 Å². The molecule has 0 aliphatic rings. The first-order valence-corrected chi connectivity index (χ1v) is 13.4. The van der Waals surface area contributed by atoms with E-state index >= 15 is 0 Å². The minimum Gasteiger partial charge on any atom is -0.383 e. The molecular formula is C36H26N4. The van der Waals surface area contributed by atoms with Crippen molar-refractivity contribution in [3.8, 4) is 11.4 Å². The minimum absolute atomic E-state index is 0.432. The van der Waals surface area contributed by atoms with E-state index in [4.69, 9.17) is 15.7 Å². The molecule has 0 aliphatic carbocycles. The van der Waals surface area contributed by atoms with Crippen LogP contribution in [-0.4, -0.2) is 15.8 Å². The molecule has 0 atom stereocenters. The molecule has 0 aliphatic heterocycles. The van der Waals surface area contributed by atoms with Crippen LogP contribution in [0.1, 0.15) is 16.7 Å². The lowest BCUT2D eigenvalue weighted by Gasteiger charge is -2.12. The van der Waals surface area contributed by atoms with Gasteiger partial charge >= 0.3 is 0 Å². The molecule has 190 valence electrons. The Morgan fingerprint density at radius 2 is 1.32 bits per heavy atom. The fraction of sp³-hybridized carbons (Fsp3) is 0.0278. The monoisotopic (exact) mass is 514 g/mol. The molecule has 0 fully saturated rings. The van der Waals surface area contributed by atoms with E-state index in [1.807, 2.05) is 48.5 Å². The van der Waals surface area contributed by atoms with Crippen molar-refractivity contribution in [3.05, 3.63) is 150 Å². The van der Waals surface area contributed by atoms with Crippen molar-refractivity contribution in [2.45, 2.75) is 6.42 Å². The average molecular weight is 515 g/mol. The lowest BCUT2D eigenvalue weighted by molar-refractivity contribution is 1.19. The first-order chi connectivity index (χ1) is 19.7. The van der Waals surface area contributed by atoms with Gasteiger partial charge in [-0.15, -0.1) is 0 Å². The quantitative estimate of drug-likeness (QED) is 0.186. The van der Waals surface area contributed by atoms with Gasteiger partial charge in [-0.05, 0) is 58.0 Å². The second kappa shape index (κ2) is 10.1. The Balaban J connectivity index is 1.25. The Hall–Kier alpha value is -5.35. The Kier molecular flexibility index (Phi) is 5.98. The lowest BCUT2D eigenvalue weighted by atomic mass is 9.97. The summed E-state index contributed by atoms with van der Waals surface area (Å²) in [4.78, 5) is 14.4. The van der Waals surface area contributed by atoms with Crippen LogP contribution in [0.5, 0.6) is 0 Å². The molecule has 0 spiro atoms. The van der Waals surface area contributed by atoms with Crippen molar-refractivity contribution < 1.29 is 0 Å². The first kappa shape index (κ1) is 23.7. The Morgan fingerprint density at radius 1 is 0.625 bits per heavy atom. The minimum atomic E-state index is 0.432. The van der Waals surface area contributed by atoms with Gasteiger partial charge in [0.05, 0.1) is 22.6 Å². The highest BCUT2D eigenvalue weighted by Gasteiger charge is 2.11. The van der Waals surface area contributed by atoms with Crippen LogP contribution >= 0.6 is 0 Å². The molecule has 2 aromatic heterocycles. The fourth-order valence-electron chi connectivity index (χ4n) is 5.23. The highest BCUT2D eigenvalue weighted by atomic mass is 14.9. The normalized spacial score (nSPS) is 11.8. The number of amidine groups is 1. The van der Waals surface area contributed by atoms with Gasteiger partial charge in [0.25, 0.3) is 0 Å². The lowest BCUT2D eigenvalue weighted by Crippen LogP contribution is -2.13.